The fourth-order valence-electron chi connectivity index (χ4n) is 1.44. The largest absolute Gasteiger partial charge is 0.433 e. The molecule has 2 aromatic heterocycles. The second kappa shape index (κ2) is 5.58. The van der Waals surface area contributed by atoms with Crippen LogP contribution >= 0.6 is 11.3 Å². The smallest absolute Gasteiger partial charge is 0.345 e. The van der Waals surface area contributed by atoms with Gasteiger partial charge in [-0.05, 0) is 19.1 Å². The summed E-state index contributed by atoms with van der Waals surface area (Å²) in [5, 5.41) is 5.16. The Morgan fingerprint density at radius 1 is 1.40 bits per heavy atom. The van der Waals surface area contributed by atoms with Gasteiger partial charge < -0.3 is 5.32 Å². The third-order valence-electron chi connectivity index (χ3n) is 2.38. The number of pyridine rings is 1. The highest BCUT2D eigenvalue weighted by Crippen LogP contribution is 2.27. The lowest BCUT2D eigenvalue weighted by Gasteiger charge is -2.06. The van der Waals surface area contributed by atoms with Gasteiger partial charge in [-0.3, -0.25) is 9.78 Å². The number of thiazole rings is 1. The molecule has 0 aliphatic heterocycles. The van der Waals surface area contributed by atoms with Crippen LogP contribution in [0.1, 0.15) is 26.8 Å². The van der Waals surface area contributed by atoms with Crippen LogP contribution in [0.5, 0.6) is 0 Å². The standard InChI is InChI=1S/C12H10F3N3OS/c1-7-6-20-10(18-7)5-17-11(19)8-2-3-9(16-4-8)12(13,14)15/h2-4,6H,5H2,1H3,(H,17,19). The van der Waals surface area contributed by atoms with E-state index in [-0.39, 0.29) is 12.1 Å². The molecule has 0 aliphatic carbocycles. The Kier molecular flexibility index (Phi) is 4.03. The third-order valence-corrected chi connectivity index (χ3v) is 3.35. The first-order valence-corrected chi connectivity index (χ1v) is 6.46. The lowest BCUT2D eigenvalue weighted by molar-refractivity contribution is -0.141. The first-order chi connectivity index (χ1) is 9.36. The Hall–Kier alpha value is -1.96. The van der Waals surface area contributed by atoms with E-state index in [9.17, 15) is 18.0 Å². The first kappa shape index (κ1) is 14.4. The van der Waals surface area contributed by atoms with Crippen LogP contribution in [0.15, 0.2) is 23.7 Å². The van der Waals surface area contributed by atoms with Crippen LogP contribution in [0, 0.1) is 6.92 Å². The minimum absolute atomic E-state index is 0.0753. The monoisotopic (exact) mass is 301 g/mol. The van der Waals surface area contributed by atoms with E-state index in [1.54, 1.807) is 0 Å². The van der Waals surface area contributed by atoms with Crippen LogP contribution in [-0.4, -0.2) is 15.9 Å². The van der Waals surface area contributed by atoms with Crippen molar-refractivity contribution in [3.05, 3.63) is 45.7 Å². The second-order valence-corrected chi connectivity index (χ2v) is 4.94. The van der Waals surface area contributed by atoms with Crippen molar-refractivity contribution in [2.45, 2.75) is 19.6 Å². The average Bonchev–Trinajstić information content (AvgIpc) is 2.81. The lowest BCUT2D eigenvalue weighted by atomic mass is 10.2. The van der Waals surface area contributed by atoms with E-state index < -0.39 is 17.8 Å². The number of hydrogen-bond acceptors (Lipinski definition) is 4. The minimum Gasteiger partial charge on any atom is -0.345 e. The summed E-state index contributed by atoms with van der Waals surface area (Å²) in [6.45, 7) is 2.07. The molecule has 2 heterocycles. The number of aryl methyl sites for hydroxylation is 1. The van der Waals surface area contributed by atoms with E-state index in [2.05, 4.69) is 15.3 Å². The summed E-state index contributed by atoms with van der Waals surface area (Å²) in [5.74, 6) is -0.487. The molecule has 0 unspecified atom stereocenters. The summed E-state index contributed by atoms with van der Waals surface area (Å²) in [6, 6.07) is 1.88. The molecule has 2 rings (SSSR count). The molecule has 8 heteroatoms. The summed E-state index contributed by atoms with van der Waals surface area (Å²) in [4.78, 5) is 19.1. The SMILES string of the molecule is Cc1csc(CNC(=O)c2ccc(C(F)(F)F)nc2)n1. The predicted octanol–water partition coefficient (Wildman–Crippen LogP) is 2.80. The fraction of sp³-hybridized carbons (Fsp3) is 0.250. The maximum absolute atomic E-state index is 12.3. The first-order valence-electron chi connectivity index (χ1n) is 5.59. The number of carbonyl (C=O) groups is 1. The number of rotatable bonds is 3. The number of amides is 1. The maximum Gasteiger partial charge on any atom is 0.433 e. The number of nitrogens with one attached hydrogen (secondary N) is 1. The van der Waals surface area contributed by atoms with E-state index in [1.807, 2.05) is 12.3 Å². The topological polar surface area (TPSA) is 54.9 Å². The van der Waals surface area contributed by atoms with Crippen LogP contribution in [0.4, 0.5) is 13.2 Å². The van der Waals surface area contributed by atoms with Crippen molar-refractivity contribution < 1.29 is 18.0 Å². The van der Waals surface area contributed by atoms with E-state index in [0.717, 1.165) is 29.0 Å². The number of nitrogens with zero attached hydrogens (tertiary/aromatic N) is 2. The molecule has 0 aliphatic rings. The Balaban J connectivity index is 1.99. The van der Waals surface area contributed by atoms with Crippen LogP contribution in [-0.2, 0) is 12.7 Å². The molecular weight excluding hydrogens is 291 g/mol. The Morgan fingerprint density at radius 2 is 2.15 bits per heavy atom. The molecule has 1 amide bonds. The average molecular weight is 301 g/mol. The molecule has 0 atom stereocenters. The van der Waals surface area contributed by atoms with Gasteiger partial charge in [-0.15, -0.1) is 11.3 Å². The summed E-state index contributed by atoms with van der Waals surface area (Å²) < 4.78 is 37.0. The highest BCUT2D eigenvalue weighted by molar-refractivity contribution is 7.09. The molecule has 0 radical (unpaired) electrons. The van der Waals surface area contributed by atoms with Crippen molar-refractivity contribution in [3.8, 4) is 0 Å². The molecule has 0 saturated heterocycles. The summed E-state index contributed by atoms with van der Waals surface area (Å²) in [5.41, 5.74) is -0.0914. The van der Waals surface area contributed by atoms with Gasteiger partial charge >= 0.3 is 6.18 Å². The minimum atomic E-state index is -4.51. The molecular formula is C12H10F3N3OS. The van der Waals surface area contributed by atoms with Gasteiger partial charge in [0.2, 0.25) is 0 Å². The Bertz CT molecular complexity index is 607. The van der Waals surface area contributed by atoms with E-state index in [0.29, 0.717) is 0 Å². The molecule has 2 aromatic rings. The zero-order valence-corrected chi connectivity index (χ0v) is 11.2. The number of hydrogen-bond donors (Lipinski definition) is 1. The molecule has 0 aromatic carbocycles. The van der Waals surface area contributed by atoms with Crippen LogP contribution < -0.4 is 5.32 Å². The summed E-state index contributed by atoms with van der Waals surface area (Å²) >= 11 is 1.40. The number of carbonyl (C=O) groups excluding carboxylic acids is 1. The molecule has 1 N–H and O–H groups in total. The molecule has 0 saturated carbocycles. The van der Waals surface area contributed by atoms with E-state index >= 15 is 0 Å². The van der Waals surface area contributed by atoms with Crippen LogP contribution in [0.3, 0.4) is 0 Å². The zero-order chi connectivity index (χ0) is 14.8. The number of aromatic nitrogens is 2. The van der Waals surface area contributed by atoms with Gasteiger partial charge in [0.1, 0.15) is 10.7 Å². The predicted molar refractivity (Wildman–Crippen MR) is 67.3 cm³/mol. The third kappa shape index (κ3) is 3.53. The van der Waals surface area contributed by atoms with Crippen molar-refractivity contribution >= 4 is 17.2 Å². The lowest BCUT2D eigenvalue weighted by Crippen LogP contribution is -2.23. The summed E-state index contributed by atoms with van der Waals surface area (Å²) in [7, 11) is 0. The zero-order valence-electron chi connectivity index (χ0n) is 10.4. The second-order valence-electron chi connectivity index (χ2n) is 4.00. The van der Waals surface area contributed by atoms with Crippen LogP contribution in [0.2, 0.25) is 0 Å². The molecule has 0 fully saturated rings. The molecule has 20 heavy (non-hydrogen) atoms. The number of halogens is 3. The van der Waals surface area contributed by atoms with Gasteiger partial charge in [0.25, 0.3) is 5.91 Å². The molecule has 106 valence electrons. The van der Waals surface area contributed by atoms with Crippen LogP contribution in [0.25, 0.3) is 0 Å². The highest BCUT2D eigenvalue weighted by atomic mass is 32.1. The van der Waals surface area contributed by atoms with E-state index in [4.69, 9.17) is 0 Å². The van der Waals surface area contributed by atoms with Crippen molar-refractivity contribution in [2.24, 2.45) is 0 Å². The van der Waals surface area contributed by atoms with Gasteiger partial charge in [0.15, 0.2) is 0 Å². The van der Waals surface area contributed by atoms with Crippen molar-refractivity contribution in [3.63, 3.8) is 0 Å². The quantitative estimate of drug-likeness (QED) is 0.948. The van der Waals surface area contributed by atoms with Gasteiger partial charge in [0, 0.05) is 17.3 Å². The Morgan fingerprint density at radius 3 is 2.65 bits per heavy atom. The van der Waals surface area contributed by atoms with Gasteiger partial charge in [0.05, 0.1) is 12.1 Å². The number of alkyl halides is 3. The molecule has 4 nitrogen and oxygen atoms in total. The fourth-order valence-corrected chi connectivity index (χ4v) is 2.15. The summed E-state index contributed by atoms with van der Waals surface area (Å²) in [6.07, 6.45) is -3.60. The van der Waals surface area contributed by atoms with Crippen molar-refractivity contribution in [1.29, 1.82) is 0 Å². The molecule has 0 spiro atoms. The Labute approximate surface area is 116 Å². The normalized spacial score (nSPS) is 11.4. The van der Waals surface area contributed by atoms with Gasteiger partial charge in [-0.25, -0.2) is 4.98 Å². The maximum atomic E-state index is 12.3. The van der Waals surface area contributed by atoms with E-state index in [1.165, 1.54) is 11.3 Å². The van der Waals surface area contributed by atoms with Crippen molar-refractivity contribution in [2.75, 3.05) is 0 Å². The van der Waals surface area contributed by atoms with Gasteiger partial charge in [-0.1, -0.05) is 0 Å². The highest BCUT2D eigenvalue weighted by Gasteiger charge is 2.32. The van der Waals surface area contributed by atoms with Gasteiger partial charge in [-0.2, -0.15) is 13.2 Å². The molecule has 0 bridgehead atoms. The van der Waals surface area contributed by atoms with Crippen molar-refractivity contribution in [1.82, 2.24) is 15.3 Å².